The Morgan fingerprint density at radius 1 is 1.33 bits per heavy atom. The molecule has 1 aromatic heterocycles. The zero-order valence-corrected chi connectivity index (χ0v) is 17.3. The number of fused-ring (bicyclic) bond motifs is 1. The maximum Gasteiger partial charge on any atom is 0.307 e. The van der Waals surface area contributed by atoms with Crippen LogP contribution < -0.4 is 14.9 Å². The van der Waals surface area contributed by atoms with Gasteiger partial charge in [-0.1, -0.05) is 12.7 Å². The second-order valence-corrected chi connectivity index (χ2v) is 6.77. The van der Waals surface area contributed by atoms with Crippen molar-refractivity contribution in [3.8, 4) is 11.5 Å². The molecule has 1 N–H and O–H groups in total. The normalized spacial score (nSPS) is 10.9. The highest BCUT2D eigenvalue weighted by Gasteiger charge is 2.15. The van der Waals surface area contributed by atoms with Gasteiger partial charge in [-0.15, -0.1) is 0 Å². The minimum atomic E-state index is -0.598. The predicted molar refractivity (Wildman–Crippen MR) is 114 cm³/mol. The number of carbonyl (C=O) groups is 1. The molecule has 0 fully saturated rings. The van der Waals surface area contributed by atoms with Crippen LogP contribution in [0.4, 0.5) is 5.69 Å². The lowest BCUT2D eigenvalue weighted by Gasteiger charge is -2.11. The maximum atomic E-state index is 12.3. The monoisotopic (exact) mass is 473 g/mol. The molecule has 0 aliphatic heterocycles. The first-order valence-corrected chi connectivity index (χ1v) is 9.35. The number of benzene rings is 2. The summed E-state index contributed by atoms with van der Waals surface area (Å²) in [7, 11) is 1.51. The third kappa shape index (κ3) is 4.66. The Bertz CT molecular complexity index is 1150. The number of nitrogens with one attached hydrogen (secondary N) is 1. The van der Waals surface area contributed by atoms with E-state index in [0.717, 1.165) is 0 Å². The third-order valence-corrected chi connectivity index (χ3v) is 4.63. The number of furan rings is 1. The van der Waals surface area contributed by atoms with Crippen molar-refractivity contribution in [3.05, 3.63) is 75.0 Å². The van der Waals surface area contributed by atoms with E-state index >= 15 is 0 Å². The largest absolute Gasteiger partial charge is 0.493 e. The molecule has 0 unspecified atom stereocenters. The van der Waals surface area contributed by atoms with E-state index in [4.69, 9.17) is 13.9 Å². The number of hydrazone groups is 1. The Morgan fingerprint density at radius 2 is 2.13 bits per heavy atom. The summed E-state index contributed by atoms with van der Waals surface area (Å²) in [5, 5.41) is 15.2. The number of rotatable bonds is 8. The summed E-state index contributed by atoms with van der Waals surface area (Å²) in [6, 6.07) is 8.90. The van der Waals surface area contributed by atoms with E-state index in [0.29, 0.717) is 39.1 Å². The molecule has 0 bridgehead atoms. The van der Waals surface area contributed by atoms with Crippen molar-refractivity contribution in [2.24, 2.45) is 5.10 Å². The van der Waals surface area contributed by atoms with Crippen molar-refractivity contribution in [1.82, 2.24) is 5.43 Å². The fourth-order valence-corrected chi connectivity index (χ4v) is 2.97. The smallest absolute Gasteiger partial charge is 0.307 e. The fraction of sp³-hybridized carbons (Fsp3) is 0.100. The predicted octanol–water partition coefficient (Wildman–Crippen LogP) is 4.44. The summed E-state index contributed by atoms with van der Waals surface area (Å²) >= 11 is 3.42. The van der Waals surface area contributed by atoms with Gasteiger partial charge in [-0.25, -0.2) is 5.43 Å². The Kier molecular flexibility index (Phi) is 6.48. The number of methoxy groups -OCH3 is 1. The first-order chi connectivity index (χ1) is 14.4. The number of nitro groups is 1. The van der Waals surface area contributed by atoms with Gasteiger partial charge in [-0.2, -0.15) is 5.10 Å². The van der Waals surface area contributed by atoms with E-state index in [9.17, 15) is 14.9 Å². The number of halogens is 1. The van der Waals surface area contributed by atoms with Crippen molar-refractivity contribution in [3.63, 3.8) is 0 Å². The van der Waals surface area contributed by atoms with E-state index in [2.05, 4.69) is 33.0 Å². The molecule has 0 radical (unpaired) electrons. The highest BCUT2D eigenvalue weighted by molar-refractivity contribution is 9.10. The van der Waals surface area contributed by atoms with E-state index in [1.807, 2.05) is 0 Å². The maximum absolute atomic E-state index is 12.3. The molecule has 1 amide bonds. The van der Waals surface area contributed by atoms with Crippen LogP contribution in [0.5, 0.6) is 11.5 Å². The van der Waals surface area contributed by atoms with Gasteiger partial charge in [0.25, 0.3) is 5.69 Å². The number of amides is 1. The number of hydrogen-bond donors (Lipinski definition) is 1. The van der Waals surface area contributed by atoms with Crippen LogP contribution in [-0.4, -0.2) is 30.8 Å². The average molecular weight is 474 g/mol. The van der Waals surface area contributed by atoms with Gasteiger partial charge in [-0.05, 0) is 40.2 Å². The molecule has 1 heterocycles. The molecule has 9 nitrogen and oxygen atoms in total. The van der Waals surface area contributed by atoms with Gasteiger partial charge >= 0.3 is 5.91 Å². The number of ether oxygens (including phenoxy) is 2. The molecular formula is C20H16BrN3O6. The lowest BCUT2D eigenvalue weighted by Crippen LogP contribution is -2.16. The van der Waals surface area contributed by atoms with Crippen LogP contribution in [0.2, 0.25) is 0 Å². The van der Waals surface area contributed by atoms with Crippen LogP contribution in [0, 0.1) is 10.1 Å². The molecule has 2 aromatic carbocycles. The average Bonchev–Trinajstić information content (AvgIpc) is 3.16. The third-order valence-electron chi connectivity index (χ3n) is 3.94. The van der Waals surface area contributed by atoms with Crippen molar-refractivity contribution >= 4 is 44.7 Å². The number of nitro benzene ring substituents is 1. The van der Waals surface area contributed by atoms with Crippen molar-refractivity contribution in [2.75, 3.05) is 13.7 Å². The molecule has 0 aliphatic carbocycles. The number of nitrogens with zero attached hydrogens (tertiary/aromatic N) is 2. The summed E-state index contributed by atoms with van der Waals surface area (Å²) in [6.07, 6.45) is 3.05. The molecule has 154 valence electrons. The molecular weight excluding hydrogens is 458 g/mol. The standard InChI is InChI=1S/C20H16BrN3O6/c1-3-6-29-18-10-15(21)13(9-17(18)28-2)11-22-23-20(25)19-8-12-7-14(24(26)27)4-5-16(12)30-19/h3-5,7-11H,1,6H2,2H3,(H,23,25)/b22-11+. The highest BCUT2D eigenvalue weighted by atomic mass is 79.9. The van der Waals surface area contributed by atoms with Gasteiger partial charge < -0.3 is 13.9 Å². The van der Waals surface area contributed by atoms with E-state index < -0.39 is 10.8 Å². The molecule has 30 heavy (non-hydrogen) atoms. The zero-order valence-electron chi connectivity index (χ0n) is 15.8. The topological polar surface area (TPSA) is 116 Å². The first kappa shape index (κ1) is 21.1. The van der Waals surface area contributed by atoms with Crippen LogP contribution in [-0.2, 0) is 0 Å². The summed E-state index contributed by atoms with van der Waals surface area (Å²) in [5.41, 5.74) is 3.26. The summed E-state index contributed by atoms with van der Waals surface area (Å²) in [6.45, 7) is 3.93. The highest BCUT2D eigenvalue weighted by Crippen LogP contribution is 2.33. The van der Waals surface area contributed by atoms with Gasteiger partial charge in [0.15, 0.2) is 17.3 Å². The first-order valence-electron chi connectivity index (χ1n) is 8.55. The quantitative estimate of drug-likeness (QED) is 0.223. The molecule has 0 saturated carbocycles. The van der Waals surface area contributed by atoms with Crippen molar-refractivity contribution < 1.29 is 23.6 Å². The van der Waals surface area contributed by atoms with Gasteiger partial charge in [0.05, 0.1) is 18.2 Å². The minimum Gasteiger partial charge on any atom is -0.493 e. The number of hydrogen-bond acceptors (Lipinski definition) is 7. The lowest BCUT2D eigenvalue weighted by atomic mass is 10.2. The second-order valence-electron chi connectivity index (χ2n) is 5.91. The summed E-state index contributed by atoms with van der Waals surface area (Å²) < 4.78 is 16.9. The van der Waals surface area contributed by atoms with E-state index in [-0.39, 0.29) is 11.4 Å². The molecule has 0 aliphatic rings. The molecule has 0 spiro atoms. The van der Waals surface area contributed by atoms with Gasteiger partial charge in [0, 0.05) is 27.6 Å². The molecule has 3 aromatic rings. The van der Waals surface area contributed by atoms with Gasteiger partial charge in [-0.3, -0.25) is 14.9 Å². The zero-order chi connectivity index (χ0) is 21.7. The minimum absolute atomic E-state index is 0.0209. The Morgan fingerprint density at radius 3 is 2.83 bits per heavy atom. The lowest BCUT2D eigenvalue weighted by molar-refractivity contribution is -0.384. The molecule has 10 heteroatoms. The van der Waals surface area contributed by atoms with Crippen LogP contribution in [0.15, 0.2) is 63.0 Å². The molecule has 0 saturated heterocycles. The molecule has 0 atom stereocenters. The Balaban J connectivity index is 1.74. The van der Waals surface area contributed by atoms with Gasteiger partial charge in [0.2, 0.25) is 0 Å². The molecule has 3 rings (SSSR count). The van der Waals surface area contributed by atoms with Crippen LogP contribution in [0.3, 0.4) is 0 Å². The van der Waals surface area contributed by atoms with E-state index in [1.54, 1.807) is 18.2 Å². The van der Waals surface area contributed by atoms with Crippen molar-refractivity contribution in [1.29, 1.82) is 0 Å². The van der Waals surface area contributed by atoms with Crippen LogP contribution >= 0.6 is 15.9 Å². The van der Waals surface area contributed by atoms with Crippen LogP contribution in [0.25, 0.3) is 11.0 Å². The fourth-order valence-electron chi connectivity index (χ4n) is 2.54. The SMILES string of the molecule is C=CCOc1cc(Br)c(/C=N/NC(=O)c2cc3cc([N+](=O)[O-])ccc3o2)cc1OC. The summed E-state index contributed by atoms with van der Waals surface area (Å²) in [4.78, 5) is 22.6. The van der Waals surface area contributed by atoms with Gasteiger partial charge in [0.1, 0.15) is 12.2 Å². The summed E-state index contributed by atoms with van der Waals surface area (Å²) in [5.74, 6) is 0.403. The second kappa shape index (κ2) is 9.23. The Hall–Kier alpha value is -3.66. The Labute approximate surface area is 179 Å². The number of carbonyl (C=O) groups excluding carboxylic acids is 1. The number of non-ortho nitro benzene ring substituents is 1. The van der Waals surface area contributed by atoms with Crippen molar-refractivity contribution in [2.45, 2.75) is 0 Å². The van der Waals surface area contributed by atoms with E-state index in [1.165, 1.54) is 37.6 Å². The van der Waals surface area contributed by atoms with Crippen LogP contribution in [0.1, 0.15) is 16.1 Å².